The van der Waals surface area contributed by atoms with Gasteiger partial charge in [0.25, 0.3) is 0 Å². The molecule has 7 heavy (non-hydrogen) atoms. The Bertz CT molecular complexity index is 66.7. The Morgan fingerprint density at radius 3 is 2.57 bits per heavy atom. The molecule has 0 amide bonds. The largest absolute Gasteiger partial charge is 0.634 e. The molecular formula is C4H8FNO. The SMILES string of the molecule is [O-][NH+]1CCC1CF. The Balaban J connectivity index is 2.16. The van der Waals surface area contributed by atoms with E-state index in [1.165, 1.54) is 0 Å². The highest BCUT2D eigenvalue weighted by atomic mass is 19.1. The first kappa shape index (κ1) is 5.00. The van der Waals surface area contributed by atoms with E-state index in [1.807, 2.05) is 0 Å². The molecule has 0 spiro atoms. The Morgan fingerprint density at radius 1 is 1.86 bits per heavy atom. The van der Waals surface area contributed by atoms with Crippen molar-refractivity contribution in [3.05, 3.63) is 5.21 Å². The molecule has 3 heteroatoms. The zero-order valence-corrected chi connectivity index (χ0v) is 3.98. The number of quaternary nitrogens is 1. The highest BCUT2D eigenvalue weighted by Crippen LogP contribution is 1.93. The second kappa shape index (κ2) is 1.76. The monoisotopic (exact) mass is 105 g/mol. The average Bonchev–Trinajstić information content (AvgIpc) is 1.65. The summed E-state index contributed by atoms with van der Waals surface area (Å²) in [5.74, 6) is 0. The minimum atomic E-state index is -0.446. The van der Waals surface area contributed by atoms with Crippen molar-refractivity contribution in [2.75, 3.05) is 13.2 Å². The first-order valence-electron chi connectivity index (χ1n) is 2.43. The van der Waals surface area contributed by atoms with Crippen LogP contribution in [0.3, 0.4) is 0 Å². The molecule has 0 aromatic heterocycles. The maximum absolute atomic E-state index is 11.5. The van der Waals surface area contributed by atoms with Crippen LogP contribution in [0, 0.1) is 5.21 Å². The third kappa shape index (κ3) is 0.737. The molecule has 1 rings (SSSR count). The fourth-order valence-corrected chi connectivity index (χ4v) is 0.630. The van der Waals surface area contributed by atoms with Crippen molar-refractivity contribution in [2.24, 2.45) is 0 Å². The van der Waals surface area contributed by atoms with E-state index in [4.69, 9.17) is 0 Å². The smallest absolute Gasteiger partial charge is 0.142 e. The van der Waals surface area contributed by atoms with E-state index in [9.17, 15) is 9.60 Å². The summed E-state index contributed by atoms with van der Waals surface area (Å²) >= 11 is 0. The van der Waals surface area contributed by atoms with E-state index in [0.717, 1.165) is 6.42 Å². The summed E-state index contributed by atoms with van der Waals surface area (Å²) in [6, 6.07) is -0.222. The molecule has 1 saturated heterocycles. The van der Waals surface area contributed by atoms with Crippen LogP contribution in [0.4, 0.5) is 4.39 Å². The van der Waals surface area contributed by atoms with Crippen LogP contribution in [0.1, 0.15) is 6.42 Å². The van der Waals surface area contributed by atoms with Crippen LogP contribution < -0.4 is 5.06 Å². The fourth-order valence-electron chi connectivity index (χ4n) is 0.630. The van der Waals surface area contributed by atoms with E-state index in [2.05, 4.69) is 0 Å². The molecule has 0 aromatic carbocycles. The molecule has 0 radical (unpaired) electrons. The maximum Gasteiger partial charge on any atom is 0.142 e. The average molecular weight is 105 g/mol. The predicted molar refractivity (Wildman–Crippen MR) is 23.6 cm³/mol. The zero-order chi connectivity index (χ0) is 5.28. The van der Waals surface area contributed by atoms with Crippen LogP contribution in [0.5, 0.6) is 0 Å². The van der Waals surface area contributed by atoms with Crippen LogP contribution in [0.2, 0.25) is 0 Å². The molecular weight excluding hydrogens is 97.0 g/mol. The minimum Gasteiger partial charge on any atom is -0.634 e. The molecule has 1 N–H and O–H groups in total. The highest BCUT2D eigenvalue weighted by Gasteiger charge is 2.25. The van der Waals surface area contributed by atoms with Gasteiger partial charge in [-0.1, -0.05) is 0 Å². The topological polar surface area (TPSA) is 27.5 Å². The number of halogens is 1. The number of hydrogen-bond donors (Lipinski definition) is 1. The van der Waals surface area contributed by atoms with E-state index in [-0.39, 0.29) is 11.1 Å². The van der Waals surface area contributed by atoms with Crippen molar-refractivity contribution < 1.29 is 9.45 Å². The lowest BCUT2D eigenvalue weighted by molar-refractivity contribution is -0.919. The van der Waals surface area contributed by atoms with Crippen LogP contribution in [-0.2, 0) is 0 Å². The molecule has 0 aliphatic carbocycles. The molecule has 2 atom stereocenters. The second-order valence-corrected chi connectivity index (χ2v) is 1.86. The Labute approximate surface area is 41.5 Å². The third-order valence-corrected chi connectivity index (χ3v) is 1.38. The lowest BCUT2D eigenvalue weighted by Crippen LogP contribution is -3.18. The summed E-state index contributed by atoms with van der Waals surface area (Å²) in [6.07, 6.45) is 0.773. The van der Waals surface area contributed by atoms with Gasteiger partial charge in [-0.3, -0.25) is 0 Å². The fraction of sp³-hybridized carbons (Fsp3) is 1.00. The second-order valence-electron chi connectivity index (χ2n) is 1.86. The summed E-state index contributed by atoms with van der Waals surface area (Å²) < 4.78 is 11.5. The maximum atomic E-state index is 11.5. The molecule has 1 aliphatic rings. The van der Waals surface area contributed by atoms with Crippen molar-refractivity contribution >= 4 is 0 Å². The summed E-state index contributed by atoms with van der Waals surface area (Å²) in [4.78, 5) is 0. The molecule has 2 nitrogen and oxygen atoms in total. The van der Waals surface area contributed by atoms with E-state index < -0.39 is 6.67 Å². The van der Waals surface area contributed by atoms with Gasteiger partial charge in [0.15, 0.2) is 0 Å². The van der Waals surface area contributed by atoms with Crippen molar-refractivity contribution in [1.82, 2.24) is 0 Å². The van der Waals surface area contributed by atoms with Gasteiger partial charge in [-0.05, 0) is 0 Å². The van der Waals surface area contributed by atoms with Crippen LogP contribution >= 0.6 is 0 Å². The van der Waals surface area contributed by atoms with Gasteiger partial charge in [0.05, 0.1) is 13.0 Å². The van der Waals surface area contributed by atoms with Crippen LogP contribution in [-0.4, -0.2) is 19.3 Å². The van der Waals surface area contributed by atoms with Crippen molar-refractivity contribution in [3.8, 4) is 0 Å². The standard InChI is InChI=1S/C4H8FNO/c5-3-4-1-2-6(4)7/h4,6H,1-3H2. The number of hydroxylamine groups is 2. The van der Waals surface area contributed by atoms with Gasteiger partial charge in [0, 0.05) is 0 Å². The lowest BCUT2D eigenvalue weighted by atomic mass is 10.1. The van der Waals surface area contributed by atoms with Gasteiger partial charge in [-0.25, -0.2) is 4.39 Å². The molecule has 2 unspecified atom stereocenters. The molecule has 0 bridgehead atoms. The number of hydrogen-bond acceptors (Lipinski definition) is 1. The third-order valence-electron chi connectivity index (χ3n) is 1.38. The molecule has 1 aliphatic heterocycles. The summed E-state index contributed by atoms with van der Waals surface area (Å²) in [5, 5.41) is 10.3. The zero-order valence-electron chi connectivity index (χ0n) is 3.98. The molecule has 0 saturated carbocycles. The Hall–Kier alpha value is -0.150. The van der Waals surface area contributed by atoms with E-state index in [0.29, 0.717) is 6.54 Å². The van der Waals surface area contributed by atoms with Crippen molar-refractivity contribution in [3.63, 3.8) is 0 Å². The minimum absolute atomic E-state index is 0.0995. The normalized spacial score (nSPS) is 40.3. The van der Waals surface area contributed by atoms with Crippen molar-refractivity contribution in [1.29, 1.82) is 0 Å². The van der Waals surface area contributed by atoms with Gasteiger partial charge in [-0.2, -0.15) is 0 Å². The highest BCUT2D eigenvalue weighted by molar-refractivity contribution is 4.61. The van der Waals surface area contributed by atoms with E-state index in [1.54, 1.807) is 0 Å². The first-order valence-corrected chi connectivity index (χ1v) is 2.43. The molecule has 0 aromatic rings. The van der Waals surface area contributed by atoms with Crippen LogP contribution in [0.25, 0.3) is 0 Å². The summed E-state index contributed by atoms with van der Waals surface area (Å²) in [7, 11) is 0. The quantitative estimate of drug-likeness (QED) is 0.430. The number of rotatable bonds is 1. The molecule has 1 fully saturated rings. The summed E-state index contributed by atoms with van der Waals surface area (Å²) in [6.45, 7) is 0.160. The first-order chi connectivity index (χ1) is 3.34. The van der Waals surface area contributed by atoms with Gasteiger partial charge >= 0.3 is 0 Å². The van der Waals surface area contributed by atoms with Crippen molar-refractivity contribution in [2.45, 2.75) is 12.5 Å². The summed E-state index contributed by atoms with van der Waals surface area (Å²) in [5.41, 5.74) is 0. The number of nitrogens with one attached hydrogen (secondary N) is 1. The number of alkyl halides is 1. The van der Waals surface area contributed by atoms with Gasteiger partial charge in [0.1, 0.15) is 12.7 Å². The molecule has 1 heterocycles. The molecule has 42 valence electrons. The lowest BCUT2D eigenvalue weighted by Gasteiger charge is -2.38. The Morgan fingerprint density at radius 2 is 2.57 bits per heavy atom. The van der Waals surface area contributed by atoms with E-state index >= 15 is 0 Å². The van der Waals surface area contributed by atoms with Gasteiger partial charge in [-0.15, -0.1) is 0 Å². The van der Waals surface area contributed by atoms with Gasteiger partial charge in [0.2, 0.25) is 0 Å². The van der Waals surface area contributed by atoms with Crippen LogP contribution in [0.15, 0.2) is 0 Å². The Kier molecular flexibility index (Phi) is 1.25. The predicted octanol–water partition coefficient (Wildman–Crippen LogP) is -0.889. The van der Waals surface area contributed by atoms with Gasteiger partial charge < -0.3 is 10.3 Å².